The van der Waals surface area contributed by atoms with Gasteiger partial charge in [0.15, 0.2) is 0 Å². The van der Waals surface area contributed by atoms with Crippen molar-refractivity contribution in [2.24, 2.45) is 17.8 Å². The lowest BCUT2D eigenvalue weighted by Gasteiger charge is -2.30. The van der Waals surface area contributed by atoms with Crippen molar-refractivity contribution in [1.29, 1.82) is 0 Å². The third-order valence-corrected chi connectivity index (χ3v) is 3.81. The Hall–Kier alpha value is -1.06. The first-order chi connectivity index (χ1) is 7.91. The van der Waals surface area contributed by atoms with Gasteiger partial charge < -0.3 is 10.4 Å². The van der Waals surface area contributed by atoms with Crippen LogP contribution >= 0.6 is 0 Å². The van der Waals surface area contributed by atoms with Gasteiger partial charge >= 0.3 is 5.97 Å². The van der Waals surface area contributed by atoms with Gasteiger partial charge in [0.2, 0.25) is 5.91 Å². The molecule has 4 nitrogen and oxygen atoms in total. The van der Waals surface area contributed by atoms with Gasteiger partial charge in [-0.1, -0.05) is 13.8 Å². The van der Waals surface area contributed by atoms with Gasteiger partial charge in [-0.3, -0.25) is 9.59 Å². The van der Waals surface area contributed by atoms with Crippen LogP contribution < -0.4 is 5.32 Å². The Morgan fingerprint density at radius 1 is 1.12 bits per heavy atom. The molecule has 0 aromatic rings. The van der Waals surface area contributed by atoms with Crippen LogP contribution in [-0.4, -0.2) is 23.0 Å². The number of carboxylic acid groups (broad SMARTS) is 1. The van der Waals surface area contributed by atoms with Crippen LogP contribution in [0.3, 0.4) is 0 Å². The second-order valence-corrected chi connectivity index (χ2v) is 5.42. The standard InChI is InChI=1S/C13H23NO3/c1-8(2)10-4-6-11(7-5-10)12(15)14-9(3)13(16)17/h8-11H,4-7H2,1-3H3,(H,14,15)(H,16,17)/t9-,10?,11?/m0/s1. The molecule has 4 heteroatoms. The summed E-state index contributed by atoms with van der Waals surface area (Å²) >= 11 is 0. The van der Waals surface area contributed by atoms with E-state index < -0.39 is 12.0 Å². The Kier molecular flexibility index (Phi) is 4.97. The van der Waals surface area contributed by atoms with E-state index in [1.54, 1.807) is 0 Å². The molecule has 1 amide bonds. The summed E-state index contributed by atoms with van der Waals surface area (Å²) in [7, 11) is 0. The second kappa shape index (κ2) is 6.03. The number of aliphatic carboxylic acids is 1. The third-order valence-electron chi connectivity index (χ3n) is 3.81. The number of hydrogen-bond donors (Lipinski definition) is 2. The average molecular weight is 241 g/mol. The molecule has 2 N–H and O–H groups in total. The maximum Gasteiger partial charge on any atom is 0.325 e. The number of carboxylic acids is 1. The highest BCUT2D eigenvalue weighted by Gasteiger charge is 2.28. The zero-order valence-electron chi connectivity index (χ0n) is 10.9. The largest absolute Gasteiger partial charge is 0.480 e. The topological polar surface area (TPSA) is 66.4 Å². The molecule has 1 atom stereocenters. The van der Waals surface area contributed by atoms with Crippen molar-refractivity contribution < 1.29 is 14.7 Å². The highest BCUT2D eigenvalue weighted by atomic mass is 16.4. The lowest BCUT2D eigenvalue weighted by molar-refractivity contribution is -0.142. The lowest BCUT2D eigenvalue weighted by atomic mass is 9.76. The monoisotopic (exact) mass is 241 g/mol. The summed E-state index contributed by atoms with van der Waals surface area (Å²) in [5, 5.41) is 11.3. The molecule has 1 saturated carbocycles. The molecule has 0 aromatic heterocycles. The summed E-state index contributed by atoms with van der Waals surface area (Å²) in [6, 6.07) is -0.787. The van der Waals surface area contributed by atoms with Crippen LogP contribution in [0.4, 0.5) is 0 Å². The fraction of sp³-hybridized carbons (Fsp3) is 0.846. The van der Waals surface area contributed by atoms with Crippen molar-refractivity contribution >= 4 is 11.9 Å². The average Bonchev–Trinajstić information content (AvgIpc) is 2.28. The fourth-order valence-electron chi connectivity index (χ4n) is 2.44. The fourth-order valence-corrected chi connectivity index (χ4v) is 2.44. The number of carbonyl (C=O) groups is 2. The molecular formula is C13H23NO3. The number of rotatable bonds is 4. The smallest absolute Gasteiger partial charge is 0.325 e. The van der Waals surface area contributed by atoms with Gasteiger partial charge in [-0.25, -0.2) is 0 Å². The molecule has 1 rings (SSSR count). The molecule has 0 spiro atoms. The van der Waals surface area contributed by atoms with Gasteiger partial charge in [0, 0.05) is 5.92 Å². The predicted octanol–water partition coefficient (Wildman–Crippen LogP) is 2.04. The van der Waals surface area contributed by atoms with Crippen molar-refractivity contribution in [3.8, 4) is 0 Å². The van der Waals surface area contributed by atoms with E-state index in [0.717, 1.165) is 31.6 Å². The van der Waals surface area contributed by atoms with Crippen LogP contribution in [0.5, 0.6) is 0 Å². The molecule has 1 fully saturated rings. The van der Waals surface area contributed by atoms with Gasteiger partial charge in [-0.2, -0.15) is 0 Å². The first-order valence-electron chi connectivity index (χ1n) is 6.45. The molecule has 98 valence electrons. The van der Waals surface area contributed by atoms with Crippen LogP contribution in [0.2, 0.25) is 0 Å². The van der Waals surface area contributed by atoms with E-state index in [-0.39, 0.29) is 11.8 Å². The van der Waals surface area contributed by atoms with E-state index in [2.05, 4.69) is 19.2 Å². The summed E-state index contributed by atoms with van der Waals surface area (Å²) < 4.78 is 0. The summed E-state index contributed by atoms with van der Waals surface area (Å²) in [4.78, 5) is 22.5. The van der Waals surface area contributed by atoms with E-state index in [1.807, 2.05) is 0 Å². The predicted molar refractivity (Wildman–Crippen MR) is 65.5 cm³/mol. The summed E-state index contributed by atoms with van der Waals surface area (Å²) in [6.45, 7) is 5.94. The van der Waals surface area contributed by atoms with Crippen LogP contribution in [0.15, 0.2) is 0 Å². The zero-order chi connectivity index (χ0) is 13.0. The van der Waals surface area contributed by atoms with Gasteiger partial charge in [-0.05, 0) is 44.4 Å². The Morgan fingerprint density at radius 3 is 2.06 bits per heavy atom. The van der Waals surface area contributed by atoms with E-state index in [0.29, 0.717) is 5.92 Å². The minimum absolute atomic E-state index is 0.00630. The molecule has 0 aromatic carbocycles. The highest BCUT2D eigenvalue weighted by molar-refractivity contribution is 5.84. The van der Waals surface area contributed by atoms with Gasteiger partial charge in [0.25, 0.3) is 0 Å². The quantitative estimate of drug-likeness (QED) is 0.791. The van der Waals surface area contributed by atoms with E-state index in [4.69, 9.17) is 5.11 Å². The SMILES string of the molecule is CC(C)C1CCC(C(=O)N[C@@H](C)C(=O)O)CC1. The van der Waals surface area contributed by atoms with Crippen LogP contribution in [0.1, 0.15) is 46.5 Å². The number of carbonyl (C=O) groups excluding carboxylic acids is 1. The van der Waals surface area contributed by atoms with Gasteiger partial charge in [-0.15, -0.1) is 0 Å². The molecule has 0 unspecified atom stereocenters. The van der Waals surface area contributed by atoms with Crippen molar-refractivity contribution in [1.82, 2.24) is 5.32 Å². The first-order valence-corrected chi connectivity index (χ1v) is 6.45. The lowest BCUT2D eigenvalue weighted by Crippen LogP contribution is -2.42. The maximum absolute atomic E-state index is 11.8. The third kappa shape index (κ3) is 4.02. The van der Waals surface area contributed by atoms with Gasteiger partial charge in [0.1, 0.15) is 6.04 Å². The second-order valence-electron chi connectivity index (χ2n) is 5.42. The normalized spacial score (nSPS) is 26.6. The first kappa shape index (κ1) is 14.0. The van der Waals surface area contributed by atoms with Crippen LogP contribution in [-0.2, 0) is 9.59 Å². The van der Waals surface area contributed by atoms with E-state index in [9.17, 15) is 9.59 Å². The molecule has 0 bridgehead atoms. The molecule has 0 aliphatic heterocycles. The molecule has 0 radical (unpaired) electrons. The van der Waals surface area contributed by atoms with Crippen molar-refractivity contribution in [2.75, 3.05) is 0 Å². The molecule has 17 heavy (non-hydrogen) atoms. The number of amides is 1. The molecule has 0 heterocycles. The van der Waals surface area contributed by atoms with Crippen molar-refractivity contribution in [3.05, 3.63) is 0 Å². The number of nitrogens with one attached hydrogen (secondary N) is 1. The maximum atomic E-state index is 11.8. The zero-order valence-corrected chi connectivity index (χ0v) is 10.9. The van der Waals surface area contributed by atoms with Crippen molar-refractivity contribution in [3.63, 3.8) is 0 Å². The summed E-state index contributed by atoms with van der Waals surface area (Å²) in [5.74, 6) is 0.330. The van der Waals surface area contributed by atoms with Crippen molar-refractivity contribution in [2.45, 2.75) is 52.5 Å². The minimum Gasteiger partial charge on any atom is -0.480 e. The Labute approximate surface area is 103 Å². The highest BCUT2D eigenvalue weighted by Crippen LogP contribution is 2.33. The molecular weight excluding hydrogens is 218 g/mol. The Morgan fingerprint density at radius 2 is 1.65 bits per heavy atom. The minimum atomic E-state index is -0.978. The summed E-state index contributed by atoms with van der Waals surface area (Å²) in [6.07, 6.45) is 3.94. The molecule has 1 aliphatic rings. The van der Waals surface area contributed by atoms with E-state index >= 15 is 0 Å². The van der Waals surface area contributed by atoms with Crippen LogP contribution in [0.25, 0.3) is 0 Å². The Bertz CT molecular complexity index is 280. The van der Waals surface area contributed by atoms with Crippen LogP contribution in [0, 0.1) is 17.8 Å². The number of hydrogen-bond acceptors (Lipinski definition) is 2. The van der Waals surface area contributed by atoms with Gasteiger partial charge in [0.05, 0.1) is 0 Å². The molecule has 1 aliphatic carbocycles. The summed E-state index contributed by atoms with van der Waals surface area (Å²) in [5.41, 5.74) is 0. The van der Waals surface area contributed by atoms with E-state index in [1.165, 1.54) is 6.92 Å². The molecule has 0 saturated heterocycles. The Balaban J connectivity index is 2.38.